The number of nitrogens with one attached hydrogen (secondary N) is 1. The molecule has 1 atom stereocenters. The Morgan fingerprint density at radius 2 is 2.10 bits per heavy atom. The average Bonchev–Trinajstić information content (AvgIpc) is 2.47. The Bertz CT molecular complexity index is 531. The number of benzene rings is 1. The third-order valence-electron chi connectivity index (χ3n) is 3.66. The van der Waals surface area contributed by atoms with Gasteiger partial charge >= 0.3 is 12.0 Å². The van der Waals surface area contributed by atoms with Gasteiger partial charge in [-0.05, 0) is 37.5 Å². The van der Waals surface area contributed by atoms with Gasteiger partial charge in [0, 0.05) is 32.0 Å². The topological polar surface area (TPSA) is 72.9 Å². The van der Waals surface area contributed by atoms with Crippen LogP contribution in [0.4, 0.5) is 16.2 Å². The van der Waals surface area contributed by atoms with Crippen LogP contribution in [0.25, 0.3) is 0 Å². The number of nitrogens with zero attached hydrogens (tertiary/aromatic N) is 2. The van der Waals surface area contributed by atoms with E-state index in [1.807, 2.05) is 37.2 Å². The minimum Gasteiger partial charge on any atom is -0.480 e. The number of hydrogen-bond donors (Lipinski definition) is 2. The molecule has 0 aromatic heterocycles. The van der Waals surface area contributed by atoms with Crippen LogP contribution in [0.1, 0.15) is 19.3 Å². The van der Waals surface area contributed by atoms with Gasteiger partial charge in [-0.1, -0.05) is 6.07 Å². The molecule has 1 aromatic rings. The van der Waals surface area contributed by atoms with Crippen LogP contribution in [0.15, 0.2) is 24.3 Å². The second-order valence-electron chi connectivity index (χ2n) is 5.42. The van der Waals surface area contributed by atoms with Gasteiger partial charge in [-0.25, -0.2) is 9.59 Å². The van der Waals surface area contributed by atoms with Crippen molar-refractivity contribution in [1.82, 2.24) is 4.90 Å². The highest BCUT2D eigenvalue weighted by Gasteiger charge is 2.31. The highest BCUT2D eigenvalue weighted by molar-refractivity contribution is 5.92. The predicted octanol–water partition coefficient (Wildman–Crippen LogP) is 2.22. The first-order valence-corrected chi connectivity index (χ1v) is 7.07. The summed E-state index contributed by atoms with van der Waals surface area (Å²) in [7, 11) is 3.85. The average molecular weight is 291 g/mol. The number of rotatable bonds is 3. The normalized spacial score (nSPS) is 18.2. The molecule has 0 spiro atoms. The van der Waals surface area contributed by atoms with E-state index in [2.05, 4.69) is 5.32 Å². The molecule has 114 valence electrons. The number of anilines is 2. The van der Waals surface area contributed by atoms with Gasteiger partial charge in [-0.2, -0.15) is 0 Å². The van der Waals surface area contributed by atoms with Gasteiger partial charge in [0.15, 0.2) is 0 Å². The predicted molar refractivity (Wildman–Crippen MR) is 81.8 cm³/mol. The molecule has 1 fully saturated rings. The molecule has 0 aliphatic carbocycles. The summed E-state index contributed by atoms with van der Waals surface area (Å²) in [5.41, 5.74) is 1.64. The van der Waals surface area contributed by atoms with Crippen LogP contribution >= 0.6 is 0 Å². The number of carboxylic acid groups (broad SMARTS) is 1. The monoisotopic (exact) mass is 291 g/mol. The van der Waals surface area contributed by atoms with Crippen LogP contribution in [0, 0.1) is 0 Å². The Labute approximate surface area is 124 Å². The number of amides is 2. The number of hydrogen-bond acceptors (Lipinski definition) is 3. The third kappa shape index (κ3) is 3.65. The molecule has 1 saturated heterocycles. The fourth-order valence-corrected chi connectivity index (χ4v) is 2.49. The largest absolute Gasteiger partial charge is 0.480 e. The van der Waals surface area contributed by atoms with E-state index in [4.69, 9.17) is 0 Å². The van der Waals surface area contributed by atoms with Crippen molar-refractivity contribution in [2.24, 2.45) is 0 Å². The summed E-state index contributed by atoms with van der Waals surface area (Å²) in [5.74, 6) is -0.938. The van der Waals surface area contributed by atoms with Gasteiger partial charge in [0.2, 0.25) is 0 Å². The molecule has 6 heteroatoms. The lowest BCUT2D eigenvalue weighted by Crippen LogP contribution is -2.49. The summed E-state index contributed by atoms with van der Waals surface area (Å²) in [5, 5.41) is 12.0. The molecular formula is C15H21N3O3. The lowest BCUT2D eigenvalue weighted by Gasteiger charge is -2.32. The molecule has 6 nitrogen and oxygen atoms in total. The van der Waals surface area contributed by atoms with E-state index in [0.29, 0.717) is 18.7 Å². The van der Waals surface area contributed by atoms with E-state index >= 15 is 0 Å². The quantitative estimate of drug-likeness (QED) is 0.895. The molecule has 2 N–H and O–H groups in total. The van der Waals surface area contributed by atoms with Crippen LogP contribution in [0.5, 0.6) is 0 Å². The summed E-state index contributed by atoms with van der Waals surface area (Å²) < 4.78 is 0. The summed E-state index contributed by atoms with van der Waals surface area (Å²) in [6.45, 7) is 0.482. The second kappa shape index (κ2) is 6.47. The first-order valence-electron chi connectivity index (χ1n) is 7.07. The number of carboxylic acids is 1. The molecule has 1 aliphatic heterocycles. The number of likely N-dealkylation sites (tertiary alicyclic amines) is 1. The zero-order valence-electron chi connectivity index (χ0n) is 12.4. The Hall–Kier alpha value is -2.24. The van der Waals surface area contributed by atoms with Crippen LogP contribution < -0.4 is 10.2 Å². The summed E-state index contributed by atoms with van der Waals surface area (Å²) in [4.78, 5) is 26.9. The van der Waals surface area contributed by atoms with Crippen LogP contribution in [-0.4, -0.2) is 48.7 Å². The van der Waals surface area contributed by atoms with Crippen molar-refractivity contribution in [3.63, 3.8) is 0 Å². The zero-order chi connectivity index (χ0) is 15.4. The second-order valence-corrected chi connectivity index (χ2v) is 5.42. The third-order valence-corrected chi connectivity index (χ3v) is 3.66. The molecule has 0 radical (unpaired) electrons. The molecule has 2 amide bonds. The molecule has 2 rings (SSSR count). The maximum atomic E-state index is 12.3. The Balaban J connectivity index is 2.09. The molecule has 1 aliphatic rings. The van der Waals surface area contributed by atoms with Crippen LogP contribution in [-0.2, 0) is 4.79 Å². The van der Waals surface area contributed by atoms with Gasteiger partial charge in [-0.3, -0.25) is 0 Å². The number of carbonyl (C=O) groups excluding carboxylic acids is 1. The van der Waals surface area contributed by atoms with Gasteiger partial charge < -0.3 is 20.2 Å². The van der Waals surface area contributed by atoms with Crippen molar-refractivity contribution in [2.45, 2.75) is 25.3 Å². The Kier molecular flexibility index (Phi) is 4.67. The van der Waals surface area contributed by atoms with Crippen molar-refractivity contribution >= 4 is 23.4 Å². The molecule has 1 heterocycles. The minimum atomic E-state index is -0.938. The number of urea groups is 1. The van der Waals surface area contributed by atoms with Crippen LogP contribution in [0.2, 0.25) is 0 Å². The highest BCUT2D eigenvalue weighted by Crippen LogP contribution is 2.21. The van der Waals surface area contributed by atoms with E-state index in [-0.39, 0.29) is 6.03 Å². The van der Waals surface area contributed by atoms with Gasteiger partial charge in [0.05, 0.1) is 0 Å². The van der Waals surface area contributed by atoms with E-state index in [0.717, 1.165) is 18.5 Å². The summed E-state index contributed by atoms with van der Waals surface area (Å²) >= 11 is 0. The van der Waals surface area contributed by atoms with E-state index < -0.39 is 12.0 Å². The smallest absolute Gasteiger partial charge is 0.326 e. The van der Waals surface area contributed by atoms with Crippen LogP contribution in [0.3, 0.4) is 0 Å². The highest BCUT2D eigenvalue weighted by atomic mass is 16.4. The maximum absolute atomic E-state index is 12.3. The molecule has 0 bridgehead atoms. The zero-order valence-corrected chi connectivity index (χ0v) is 12.4. The summed E-state index contributed by atoms with van der Waals surface area (Å²) in [6.07, 6.45) is 2.20. The van der Waals surface area contributed by atoms with E-state index in [1.165, 1.54) is 4.90 Å². The van der Waals surface area contributed by atoms with Crippen molar-refractivity contribution in [3.8, 4) is 0 Å². The SMILES string of the molecule is CN(C)c1cccc(NC(=O)N2CCCCC2C(=O)O)c1. The van der Waals surface area contributed by atoms with Crippen molar-refractivity contribution in [3.05, 3.63) is 24.3 Å². The first kappa shape index (κ1) is 15.2. The van der Waals surface area contributed by atoms with Gasteiger partial charge in [0.25, 0.3) is 0 Å². The number of piperidine rings is 1. The van der Waals surface area contributed by atoms with Crippen molar-refractivity contribution < 1.29 is 14.7 Å². The van der Waals surface area contributed by atoms with Crippen molar-refractivity contribution in [2.75, 3.05) is 30.9 Å². The first-order chi connectivity index (χ1) is 9.99. The summed E-state index contributed by atoms with van der Waals surface area (Å²) in [6, 6.07) is 6.38. The number of aliphatic carboxylic acids is 1. The molecule has 21 heavy (non-hydrogen) atoms. The standard InChI is InChI=1S/C15H21N3O3/c1-17(2)12-7-5-6-11(10-12)16-15(21)18-9-4-3-8-13(18)14(19)20/h5-7,10,13H,3-4,8-9H2,1-2H3,(H,16,21)(H,19,20). The molecular weight excluding hydrogens is 270 g/mol. The lowest BCUT2D eigenvalue weighted by molar-refractivity contribution is -0.143. The van der Waals surface area contributed by atoms with Crippen molar-refractivity contribution in [1.29, 1.82) is 0 Å². The Morgan fingerprint density at radius 1 is 1.33 bits per heavy atom. The van der Waals surface area contributed by atoms with E-state index in [9.17, 15) is 14.7 Å². The van der Waals surface area contributed by atoms with E-state index in [1.54, 1.807) is 6.07 Å². The fourth-order valence-electron chi connectivity index (χ4n) is 2.49. The van der Waals surface area contributed by atoms with Gasteiger partial charge in [0.1, 0.15) is 6.04 Å². The molecule has 1 unspecified atom stereocenters. The molecule has 1 aromatic carbocycles. The molecule has 0 saturated carbocycles. The number of carbonyl (C=O) groups is 2. The Morgan fingerprint density at radius 3 is 2.76 bits per heavy atom. The fraction of sp³-hybridized carbons (Fsp3) is 0.467. The minimum absolute atomic E-state index is 0.349. The maximum Gasteiger partial charge on any atom is 0.326 e. The van der Waals surface area contributed by atoms with Gasteiger partial charge in [-0.15, -0.1) is 0 Å². The lowest BCUT2D eigenvalue weighted by atomic mass is 10.0.